The van der Waals surface area contributed by atoms with Gasteiger partial charge in [0.05, 0.1) is 5.52 Å². The van der Waals surface area contributed by atoms with Crippen LogP contribution in [0.5, 0.6) is 0 Å². The summed E-state index contributed by atoms with van der Waals surface area (Å²) in [5.41, 5.74) is 3.61. The van der Waals surface area contributed by atoms with Crippen molar-refractivity contribution in [3.63, 3.8) is 0 Å². The van der Waals surface area contributed by atoms with Gasteiger partial charge >= 0.3 is 0 Å². The van der Waals surface area contributed by atoms with Crippen molar-refractivity contribution < 1.29 is 4.79 Å². The lowest BCUT2D eigenvalue weighted by Gasteiger charge is -2.22. The van der Waals surface area contributed by atoms with E-state index in [1.54, 1.807) is 6.07 Å². The Balaban J connectivity index is 1.77. The van der Waals surface area contributed by atoms with Crippen LogP contribution >= 0.6 is 23.4 Å². The third kappa shape index (κ3) is 2.60. The first-order valence-electron chi connectivity index (χ1n) is 7.89. The average Bonchev–Trinajstić information content (AvgIpc) is 2.91. The van der Waals surface area contributed by atoms with Crippen molar-refractivity contribution in [2.45, 2.75) is 30.5 Å². The molecule has 1 aromatic heterocycles. The van der Waals surface area contributed by atoms with Crippen molar-refractivity contribution in [1.29, 1.82) is 0 Å². The van der Waals surface area contributed by atoms with E-state index in [1.807, 2.05) is 36.9 Å². The van der Waals surface area contributed by atoms with Gasteiger partial charge in [-0.2, -0.15) is 0 Å². The SMILES string of the molecule is Cc1ccc(Cl)cc1NC(=O)c1cc2cccc3c2n1CC(C)S3. The molecule has 1 aliphatic heterocycles. The van der Waals surface area contributed by atoms with Crippen LogP contribution in [0.1, 0.15) is 23.0 Å². The maximum absolute atomic E-state index is 12.9. The predicted octanol–water partition coefficient (Wildman–Crippen LogP) is 5.35. The minimum atomic E-state index is -0.0957. The maximum atomic E-state index is 12.9. The molecule has 122 valence electrons. The number of halogens is 1. The second-order valence-corrected chi connectivity index (χ2v) is 8.09. The van der Waals surface area contributed by atoms with Crippen LogP contribution in [0.15, 0.2) is 47.4 Å². The maximum Gasteiger partial charge on any atom is 0.272 e. The van der Waals surface area contributed by atoms with Gasteiger partial charge in [0.2, 0.25) is 0 Å². The van der Waals surface area contributed by atoms with E-state index in [9.17, 15) is 4.79 Å². The summed E-state index contributed by atoms with van der Waals surface area (Å²) in [5, 5.41) is 5.18. The number of thioether (sulfide) groups is 1. The Morgan fingerprint density at radius 3 is 2.96 bits per heavy atom. The van der Waals surface area contributed by atoms with Gasteiger partial charge in [0, 0.05) is 32.8 Å². The van der Waals surface area contributed by atoms with Gasteiger partial charge < -0.3 is 9.88 Å². The normalized spacial score (nSPS) is 16.4. The topological polar surface area (TPSA) is 34.0 Å². The van der Waals surface area contributed by atoms with Crippen molar-refractivity contribution in [1.82, 2.24) is 4.57 Å². The van der Waals surface area contributed by atoms with Gasteiger partial charge in [0.15, 0.2) is 0 Å². The Morgan fingerprint density at radius 2 is 2.12 bits per heavy atom. The summed E-state index contributed by atoms with van der Waals surface area (Å²) in [7, 11) is 0. The molecule has 0 spiro atoms. The number of rotatable bonds is 2. The third-order valence-corrected chi connectivity index (χ3v) is 5.70. The lowest BCUT2D eigenvalue weighted by Crippen LogP contribution is -2.22. The Bertz CT molecular complexity index is 963. The number of aryl methyl sites for hydroxylation is 1. The second kappa shape index (κ2) is 5.87. The van der Waals surface area contributed by atoms with Crippen LogP contribution in [0.4, 0.5) is 5.69 Å². The zero-order valence-electron chi connectivity index (χ0n) is 13.5. The molecule has 2 heterocycles. The Labute approximate surface area is 150 Å². The summed E-state index contributed by atoms with van der Waals surface area (Å²) in [5.74, 6) is -0.0957. The summed E-state index contributed by atoms with van der Waals surface area (Å²) in [6.07, 6.45) is 0. The smallest absolute Gasteiger partial charge is 0.272 e. The van der Waals surface area contributed by atoms with E-state index in [2.05, 4.69) is 35.0 Å². The first-order valence-corrected chi connectivity index (χ1v) is 9.15. The minimum absolute atomic E-state index is 0.0957. The van der Waals surface area contributed by atoms with Gasteiger partial charge in [-0.25, -0.2) is 0 Å². The minimum Gasteiger partial charge on any atom is -0.334 e. The van der Waals surface area contributed by atoms with Crippen LogP contribution in [0.3, 0.4) is 0 Å². The van der Waals surface area contributed by atoms with Crippen molar-refractivity contribution in [3.05, 3.63) is 58.7 Å². The third-order valence-electron chi connectivity index (χ3n) is 4.33. The van der Waals surface area contributed by atoms with Gasteiger partial charge in [0.25, 0.3) is 5.91 Å². The van der Waals surface area contributed by atoms with Crippen LogP contribution in [0, 0.1) is 6.92 Å². The van der Waals surface area contributed by atoms with E-state index < -0.39 is 0 Å². The molecule has 1 N–H and O–H groups in total. The lowest BCUT2D eigenvalue weighted by molar-refractivity contribution is 0.101. The van der Waals surface area contributed by atoms with Gasteiger partial charge in [-0.15, -0.1) is 11.8 Å². The Hall–Kier alpha value is -1.91. The number of para-hydroxylation sites is 1. The number of carbonyl (C=O) groups excluding carboxylic acids is 1. The molecular weight excluding hydrogens is 340 g/mol. The fourth-order valence-electron chi connectivity index (χ4n) is 3.19. The van der Waals surface area contributed by atoms with Crippen molar-refractivity contribution >= 4 is 45.9 Å². The van der Waals surface area contributed by atoms with Crippen LogP contribution in [-0.2, 0) is 6.54 Å². The summed E-state index contributed by atoms with van der Waals surface area (Å²) >= 11 is 7.93. The predicted molar refractivity (Wildman–Crippen MR) is 101 cm³/mol. The molecule has 0 fully saturated rings. The van der Waals surface area contributed by atoms with Crippen LogP contribution in [0.2, 0.25) is 5.02 Å². The molecule has 0 aliphatic carbocycles. The second-order valence-electron chi connectivity index (χ2n) is 6.18. The number of hydrogen-bond donors (Lipinski definition) is 1. The van der Waals surface area contributed by atoms with E-state index in [0.29, 0.717) is 16.0 Å². The number of hydrogen-bond acceptors (Lipinski definition) is 2. The average molecular weight is 357 g/mol. The fraction of sp³-hybridized carbons (Fsp3) is 0.211. The number of benzene rings is 2. The van der Waals surface area contributed by atoms with Gasteiger partial charge in [-0.05, 0) is 36.8 Å². The van der Waals surface area contributed by atoms with Crippen LogP contribution in [0.25, 0.3) is 10.9 Å². The Morgan fingerprint density at radius 1 is 1.29 bits per heavy atom. The molecule has 0 radical (unpaired) electrons. The number of nitrogens with zero attached hydrogens (tertiary/aromatic N) is 1. The molecule has 1 atom stereocenters. The summed E-state index contributed by atoms with van der Waals surface area (Å²) in [6, 6.07) is 13.7. The van der Waals surface area contributed by atoms with E-state index in [-0.39, 0.29) is 5.91 Å². The zero-order chi connectivity index (χ0) is 16.8. The molecule has 1 amide bonds. The molecule has 2 aromatic carbocycles. The molecule has 0 bridgehead atoms. The molecular formula is C19H17ClN2OS. The highest BCUT2D eigenvalue weighted by Gasteiger charge is 2.24. The number of aromatic nitrogens is 1. The molecule has 4 rings (SSSR count). The molecule has 0 saturated heterocycles. The number of nitrogens with one attached hydrogen (secondary N) is 1. The number of carbonyl (C=O) groups is 1. The zero-order valence-corrected chi connectivity index (χ0v) is 15.0. The number of amides is 1. The molecule has 0 saturated carbocycles. The summed E-state index contributed by atoms with van der Waals surface area (Å²) < 4.78 is 2.14. The van der Waals surface area contributed by atoms with Gasteiger partial charge in [-0.1, -0.05) is 36.7 Å². The van der Waals surface area contributed by atoms with Crippen molar-refractivity contribution in [2.24, 2.45) is 0 Å². The van der Waals surface area contributed by atoms with E-state index in [0.717, 1.165) is 28.7 Å². The first-order chi connectivity index (χ1) is 11.5. The quantitative estimate of drug-likeness (QED) is 0.671. The Kier molecular flexibility index (Phi) is 3.82. The largest absolute Gasteiger partial charge is 0.334 e. The molecule has 24 heavy (non-hydrogen) atoms. The molecule has 5 heteroatoms. The van der Waals surface area contributed by atoms with E-state index in [1.165, 1.54) is 4.90 Å². The van der Waals surface area contributed by atoms with Gasteiger partial charge in [0.1, 0.15) is 5.69 Å². The standard InChI is InChI=1S/C19H17ClN2OS/c1-11-6-7-14(20)9-15(11)21-19(23)16-8-13-4-3-5-17-18(13)22(16)10-12(2)24-17/h3-9,12H,10H2,1-2H3,(H,21,23). The molecule has 1 unspecified atom stereocenters. The van der Waals surface area contributed by atoms with Crippen molar-refractivity contribution in [2.75, 3.05) is 5.32 Å². The van der Waals surface area contributed by atoms with Crippen molar-refractivity contribution in [3.8, 4) is 0 Å². The first kappa shape index (κ1) is 15.6. The fourth-order valence-corrected chi connectivity index (χ4v) is 4.52. The highest BCUT2D eigenvalue weighted by atomic mass is 35.5. The highest BCUT2D eigenvalue weighted by Crippen LogP contribution is 2.38. The van der Waals surface area contributed by atoms with Crippen LogP contribution < -0.4 is 5.32 Å². The lowest BCUT2D eigenvalue weighted by atomic mass is 10.2. The van der Waals surface area contributed by atoms with E-state index in [4.69, 9.17) is 11.6 Å². The summed E-state index contributed by atoms with van der Waals surface area (Å²) in [4.78, 5) is 14.1. The van der Waals surface area contributed by atoms with Crippen LogP contribution in [-0.4, -0.2) is 15.7 Å². The molecule has 3 nitrogen and oxygen atoms in total. The highest BCUT2D eigenvalue weighted by molar-refractivity contribution is 8.00. The molecule has 1 aliphatic rings. The van der Waals surface area contributed by atoms with E-state index >= 15 is 0 Å². The monoisotopic (exact) mass is 356 g/mol. The molecule has 3 aromatic rings. The number of anilines is 1. The summed E-state index contributed by atoms with van der Waals surface area (Å²) in [6.45, 7) is 4.99. The van der Waals surface area contributed by atoms with Gasteiger partial charge in [-0.3, -0.25) is 4.79 Å².